The first-order chi connectivity index (χ1) is 10.2. The van der Waals surface area contributed by atoms with Gasteiger partial charge in [0.25, 0.3) is 0 Å². The highest BCUT2D eigenvalue weighted by Crippen LogP contribution is 2.14. The van der Waals surface area contributed by atoms with Gasteiger partial charge in [0.2, 0.25) is 0 Å². The molecule has 21 heavy (non-hydrogen) atoms. The molecule has 0 saturated heterocycles. The molecule has 1 heterocycles. The minimum atomic E-state index is 0.122. The number of carbonyl (C=O) groups is 1. The van der Waals surface area contributed by atoms with Crippen molar-refractivity contribution in [3.63, 3.8) is 0 Å². The van der Waals surface area contributed by atoms with Crippen molar-refractivity contribution >= 4 is 22.5 Å². The van der Waals surface area contributed by atoms with E-state index in [9.17, 15) is 4.79 Å². The summed E-state index contributed by atoms with van der Waals surface area (Å²) in [5.74, 6) is 0.924. The van der Waals surface area contributed by atoms with E-state index in [1.165, 1.54) is 0 Å². The molecule has 0 aliphatic rings. The Hall–Kier alpha value is -2.62. The molecular formula is C17H17N3O. The van der Waals surface area contributed by atoms with Crippen molar-refractivity contribution in [3.8, 4) is 0 Å². The maximum Gasteiger partial charge on any atom is 0.159 e. The van der Waals surface area contributed by atoms with E-state index in [1.807, 2.05) is 66.2 Å². The first-order valence-electron chi connectivity index (χ1n) is 6.95. The molecule has 0 aliphatic heterocycles. The summed E-state index contributed by atoms with van der Waals surface area (Å²) >= 11 is 0. The number of benzene rings is 2. The number of imidazole rings is 1. The summed E-state index contributed by atoms with van der Waals surface area (Å²) < 4.78 is 1.98. The average molecular weight is 279 g/mol. The molecule has 106 valence electrons. The van der Waals surface area contributed by atoms with Crippen molar-refractivity contribution in [3.05, 3.63) is 60.4 Å². The zero-order chi connectivity index (χ0) is 14.7. The quantitative estimate of drug-likeness (QED) is 0.781. The minimum Gasteiger partial charge on any atom is -0.378 e. The molecule has 0 aliphatic carbocycles. The van der Waals surface area contributed by atoms with E-state index < -0.39 is 0 Å². The number of aryl methyl sites for hydroxylation is 1. The second kappa shape index (κ2) is 5.79. The molecule has 0 unspecified atom stereocenters. The zero-order valence-electron chi connectivity index (χ0n) is 11.9. The molecule has 2 aromatic carbocycles. The van der Waals surface area contributed by atoms with Crippen molar-refractivity contribution in [2.24, 2.45) is 7.05 Å². The van der Waals surface area contributed by atoms with Crippen molar-refractivity contribution < 1.29 is 4.79 Å². The molecular weight excluding hydrogens is 262 g/mol. The van der Waals surface area contributed by atoms with E-state index in [-0.39, 0.29) is 5.78 Å². The summed E-state index contributed by atoms with van der Waals surface area (Å²) in [4.78, 5) is 16.6. The highest BCUT2D eigenvalue weighted by molar-refractivity contribution is 5.85. The fraction of sp³-hybridized carbons (Fsp3) is 0.176. The molecule has 1 aromatic heterocycles. The van der Waals surface area contributed by atoms with Gasteiger partial charge in [-0.1, -0.05) is 30.3 Å². The number of hydrogen-bond donors (Lipinski definition) is 1. The predicted octanol–water partition coefficient (Wildman–Crippen LogP) is 2.80. The Kier molecular flexibility index (Phi) is 3.69. The van der Waals surface area contributed by atoms with Gasteiger partial charge in [-0.15, -0.1) is 0 Å². The van der Waals surface area contributed by atoms with Gasteiger partial charge in [-0.3, -0.25) is 4.79 Å². The monoisotopic (exact) mass is 279 g/mol. The van der Waals surface area contributed by atoms with Gasteiger partial charge in [0, 0.05) is 12.7 Å². The number of rotatable bonds is 5. The van der Waals surface area contributed by atoms with Crippen molar-refractivity contribution in [1.82, 2.24) is 9.55 Å². The van der Waals surface area contributed by atoms with Crippen LogP contribution in [0.1, 0.15) is 5.82 Å². The Bertz CT molecular complexity index is 762. The van der Waals surface area contributed by atoms with Gasteiger partial charge in [0.05, 0.1) is 24.0 Å². The minimum absolute atomic E-state index is 0.122. The molecule has 4 heteroatoms. The summed E-state index contributed by atoms with van der Waals surface area (Å²) in [5, 5.41) is 3.13. The molecule has 0 bridgehead atoms. The van der Waals surface area contributed by atoms with Crippen LogP contribution in [0.2, 0.25) is 0 Å². The van der Waals surface area contributed by atoms with Gasteiger partial charge in [-0.05, 0) is 24.3 Å². The SMILES string of the molecule is Cn1c(CC(=O)CNc2ccccc2)nc2ccccc21. The van der Waals surface area contributed by atoms with Crippen molar-refractivity contribution in [1.29, 1.82) is 0 Å². The van der Waals surface area contributed by atoms with Crippen LogP contribution in [-0.4, -0.2) is 21.9 Å². The van der Waals surface area contributed by atoms with Crippen LogP contribution in [0.3, 0.4) is 0 Å². The second-order valence-corrected chi connectivity index (χ2v) is 5.01. The van der Waals surface area contributed by atoms with E-state index in [0.717, 1.165) is 22.5 Å². The molecule has 0 saturated carbocycles. The van der Waals surface area contributed by atoms with Gasteiger partial charge < -0.3 is 9.88 Å². The highest BCUT2D eigenvalue weighted by Gasteiger charge is 2.11. The third kappa shape index (κ3) is 2.94. The third-order valence-electron chi connectivity index (χ3n) is 3.50. The molecule has 1 N–H and O–H groups in total. The topological polar surface area (TPSA) is 46.9 Å². The summed E-state index contributed by atoms with van der Waals surface area (Å²) in [7, 11) is 1.95. The lowest BCUT2D eigenvalue weighted by Gasteiger charge is -2.05. The lowest BCUT2D eigenvalue weighted by Crippen LogP contribution is -2.17. The van der Waals surface area contributed by atoms with Crippen LogP contribution in [0.15, 0.2) is 54.6 Å². The number of carbonyl (C=O) groups excluding carboxylic acids is 1. The summed E-state index contributed by atoms with van der Waals surface area (Å²) in [5.41, 5.74) is 2.94. The molecule has 0 fully saturated rings. The lowest BCUT2D eigenvalue weighted by atomic mass is 10.2. The lowest BCUT2D eigenvalue weighted by molar-refractivity contribution is -0.116. The Morgan fingerprint density at radius 1 is 1.10 bits per heavy atom. The standard InChI is InChI=1S/C17H17N3O/c1-20-16-10-6-5-9-15(16)19-17(20)11-14(21)12-18-13-7-3-2-4-8-13/h2-10,18H,11-12H2,1H3. The number of anilines is 1. The molecule has 0 amide bonds. The van der Waals surface area contributed by atoms with E-state index in [0.29, 0.717) is 13.0 Å². The third-order valence-corrected chi connectivity index (χ3v) is 3.50. The summed E-state index contributed by atoms with van der Waals surface area (Å²) in [6.07, 6.45) is 0.338. The van der Waals surface area contributed by atoms with Crippen LogP contribution in [0.25, 0.3) is 11.0 Å². The first kappa shape index (κ1) is 13.4. The molecule has 3 aromatic rings. The second-order valence-electron chi connectivity index (χ2n) is 5.01. The first-order valence-corrected chi connectivity index (χ1v) is 6.95. The van der Waals surface area contributed by atoms with Crippen LogP contribution in [0.4, 0.5) is 5.69 Å². The number of Topliss-reactive ketones (excluding diaryl/α,β-unsaturated/α-hetero) is 1. The number of hydrogen-bond acceptors (Lipinski definition) is 3. The van der Waals surface area contributed by atoms with Crippen LogP contribution in [0.5, 0.6) is 0 Å². The molecule has 4 nitrogen and oxygen atoms in total. The Morgan fingerprint density at radius 2 is 1.81 bits per heavy atom. The summed E-state index contributed by atoms with van der Waals surface area (Å²) in [6, 6.07) is 17.6. The fourth-order valence-electron chi connectivity index (χ4n) is 2.35. The van der Waals surface area contributed by atoms with E-state index in [2.05, 4.69) is 10.3 Å². The van der Waals surface area contributed by atoms with E-state index in [4.69, 9.17) is 0 Å². The fourth-order valence-corrected chi connectivity index (χ4v) is 2.35. The van der Waals surface area contributed by atoms with Gasteiger partial charge in [0.1, 0.15) is 5.82 Å². The Morgan fingerprint density at radius 3 is 2.57 bits per heavy atom. The van der Waals surface area contributed by atoms with Gasteiger partial charge in [0.15, 0.2) is 5.78 Å². The number of fused-ring (bicyclic) bond motifs is 1. The molecule has 0 spiro atoms. The van der Waals surface area contributed by atoms with Crippen LogP contribution in [-0.2, 0) is 18.3 Å². The van der Waals surface area contributed by atoms with E-state index in [1.54, 1.807) is 0 Å². The maximum absolute atomic E-state index is 12.1. The summed E-state index contributed by atoms with van der Waals surface area (Å²) in [6.45, 7) is 0.313. The predicted molar refractivity (Wildman–Crippen MR) is 84.4 cm³/mol. The van der Waals surface area contributed by atoms with E-state index >= 15 is 0 Å². The van der Waals surface area contributed by atoms with Gasteiger partial charge in [-0.2, -0.15) is 0 Å². The Balaban J connectivity index is 1.67. The molecule has 0 radical (unpaired) electrons. The number of aromatic nitrogens is 2. The zero-order valence-corrected chi connectivity index (χ0v) is 11.9. The van der Waals surface area contributed by atoms with Gasteiger partial charge in [-0.25, -0.2) is 4.98 Å². The Labute approximate surface area is 123 Å². The van der Waals surface area contributed by atoms with Gasteiger partial charge >= 0.3 is 0 Å². The molecule has 0 atom stereocenters. The normalized spacial score (nSPS) is 10.7. The number of para-hydroxylation sites is 3. The van der Waals surface area contributed by atoms with Crippen molar-refractivity contribution in [2.45, 2.75) is 6.42 Å². The smallest absolute Gasteiger partial charge is 0.159 e. The highest BCUT2D eigenvalue weighted by atomic mass is 16.1. The van der Waals surface area contributed by atoms with Crippen LogP contribution >= 0.6 is 0 Å². The van der Waals surface area contributed by atoms with Crippen LogP contribution < -0.4 is 5.32 Å². The van der Waals surface area contributed by atoms with Crippen molar-refractivity contribution in [2.75, 3.05) is 11.9 Å². The largest absolute Gasteiger partial charge is 0.378 e. The number of nitrogens with one attached hydrogen (secondary N) is 1. The maximum atomic E-state index is 12.1. The number of ketones is 1. The average Bonchev–Trinajstić information content (AvgIpc) is 2.83. The van der Waals surface area contributed by atoms with Crippen LogP contribution in [0, 0.1) is 0 Å². The molecule has 3 rings (SSSR count). The number of nitrogens with zero attached hydrogens (tertiary/aromatic N) is 2.